The van der Waals surface area contributed by atoms with E-state index < -0.39 is 8.80 Å². The lowest BCUT2D eigenvalue weighted by molar-refractivity contribution is -0.00552. The van der Waals surface area contributed by atoms with Crippen molar-refractivity contribution in [1.29, 1.82) is 0 Å². The quantitative estimate of drug-likeness (QED) is 0.258. The molecule has 0 spiro atoms. The summed E-state index contributed by atoms with van der Waals surface area (Å²) in [4.78, 5) is 0. The van der Waals surface area contributed by atoms with Crippen LogP contribution < -0.4 is 0 Å². The van der Waals surface area contributed by atoms with E-state index in [9.17, 15) is 0 Å². The summed E-state index contributed by atoms with van der Waals surface area (Å²) in [6, 6.07) is 0. The molecular formula is C17H34O5Si. The van der Waals surface area contributed by atoms with E-state index in [-0.39, 0.29) is 17.7 Å². The molecular weight excluding hydrogens is 312 g/mol. The third-order valence-corrected chi connectivity index (χ3v) is 7.56. The van der Waals surface area contributed by atoms with E-state index in [1.54, 1.807) is 0 Å². The second kappa shape index (κ2) is 11.3. The molecule has 1 aliphatic heterocycles. The predicted octanol–water partition coefficient (Wildman–Crippen LogP) is 3.57. The molecule has 0 saturated carbocycles. The van der Waals surface area contributed by atoms with E-state index in [1.165, 1.54) is 0 Å². The second-order valence-corrected chi connectivity index (χ2v) is 8.43. The molecule has 0 amide bonds. The van der Waals surface area contributed by atoms with Gasteiger partial charge in [-0.15, -0.1) is 6.58 Å². The standard InChI is InChI=1S/C17H34O5Si/c1-6-11-12-17(16(7-2)19-14-15-13-18-15)23(20-8-3,21-9-4)22-10-5/h6,15-17H,1,7-14H2,2-5H3. The zero-order valence-electron chi connectivity index (χ0n) is 15.2. The average molecular weight is 347 g/mol. The Bertz CT molecular complexity index is 305. The van der Waals surface area contributed by atoms with Gasteiger partial charge in [0.2, 0.25) is 0 Å². The van der Waals surface area contributed by atoms with Gasteiger partial charge in [-0.1, -0.05) is 13.0 Å². The fourth-order valence-electron chi connectivity index (χ4n) is 2.85. The average Bonchev–Trinajstić information content (AvgIpc) is 3.35. The largest absolute Gasteiger partial charge is 0.506 e. The summed E-state index contributed by atoms with van der Waals surface area (Å²) in [6.07, 6.45) is 4.94. The van der Waals surface area contributed by atoms with Crippen LogP contribution in [0.15, 0.2) is 12.7 Å². The van der Waals surface area contributed by atoms with E-state index in [0.717, 1.165) is 25.9 Å². The van der Waals surface area contributed by atoms with Crippen LogP contribution in [0.2, 0.25) is 5.54 Å². The Kier molecular flexibility index (Phi) is 10.3. The lowest BCUT2D eigenvalue weighted by Crippen LogP contribution is -2.54. The van der Waals surface area contributed by atoms with E-state index in [1.807, 2.05) is 26.8 Å². The maximum absolute atomic E-state index is 6.15. The number of ether oxygens (including phenoxy) is 2. The molecule has 1 fully saturated rings. The molecule has 0 N–H and O–H groups in total. The lowest BCUT2D eigenvalue weighted by Gasteiger charge is -2.39. The van der Waals surface area contributed by atoms with Gasteiger partial charge in [0.05, 0.1) is 24.9 Å². The van der Waals surface area contributed by atoms with Gasteiger partial charge < -0.3 is 22.8 Å². The normalized spacial score (nSPS) is 20.3. The van der Waals surface area contributed by atoms with Gasteiger partial charge in [0.1, 0.15) is 6.10 Å². The van der Waals surface area contributed by atoms with E-state index in [0.29, 0.717) is 26.4 Å². The van der Waals surface area contributed by atoms with Crippen molar-refractivity contribution in [2.24, 2.45) is 0 Å². The molecule has 1 heterocycles. The van der Waals surface area contributed by atoms with Crippen LogP contribution in [0.25, 0.3) is 0 Å². The first-order chi connectivity index (χ1) is 11.2. The molecule has 0 bridgehead atoms. The summed E-state index contributed by atoms with van der Waals surface area (Å²) >= 11 is 0. The summed E-state index contributed by atoms with van der Waals surface area (Å²) in [5.74, 6) is 0. The third-order valence-electron chi connectivity index (χ3n) is 3.92. The first-order valence-electron chi connectivity index (χ1n) is 8.93. The van der Waals surface area contributed by atoms with Crippen LogP contribution in [0.4, 0.5) is 0 Å². The minimum Gasteiger partial charge on any atom is -0.375 e. The second-order valence-electron chi connectivity index (χ2n) is 5.61. The van der Waals surface area contributed by atoms with Crippen LogP contribution in [0.3, 0.4) is 0 Å². The fraction of sp³-hybridized carbons (Fsp3) is 0.882. The van der Waals surface area contributed by atoms with Crippen molar-refractivity contribution in [3.63, 3.8) is 0 Å². The topological polar surface area (TPSA) is 49.5 Å². The number of allylic oxidation sites excluding steroid dienone is 1. The van der Waals surface area contributed by atoms with Gasteiger partial charge in [0.15, 0.2) is 0 Å². The lowest BCUT2D eigenvalue weighted by atomic mass is 10.1. The highest BCUT2D eigenvalue weighted by Crippen LogP contribution is 2.37. The van der Waals surface area contributed by atoms with Crippen LogP contribution >= 0.6 is 0 Å². The van der Waals surface area contributed by atoms with Gasteiger partial charge in [-0.2, -0.15) is 0 Å². The van der Waals surface area contributed by atoms with Crippen molar-refractivity contribution in [3.8, 4) is 0 Å². The first kappa shape index (κ1) is 20.8. The monoisotopic (exact) mass is 346 g/mol. The first-order valence-corrected chi connectivity index (χ1v) is 10.7. The molecule has 6 heteroatoms. The van der Waals surface area contributed by atoms with Gasteiger partial charge in [0.25, 0.3) is 0 Å². The highest BCUT2D eigenvalue weighted by molar-refractivity contribution is 6.62. The van der Waals surface area contributed by atoms with Crippen molar-refractivity contribution >= 4 is 8.80 Å². The van der Waals surface area contributed by atoms with Crippen LogP contribution in [0, 0.1) is 0 Å². The van der Waals surface area contributed by atoms with Crippen molar-refractivity contribution < 1.29 is 22.8 Å². The number of hydrogen-bond acceptors (Lipinski definition) is 5. The van der Waals surface area contributed by atoms with Gasteiger partial charge >= 0.3 is 8.80 Å². The highest BCUT2D eigenvalue weighted by atomic mass is 28.4. The Balaban J connectivity index is 2.94. The predicted molar refractivity (Wildman–Crippen MR) is 93.6 cm³/mol. The zero-order chi connectivity index (χ0) is 17.1. The summed E-state index contributed by atoms with van der Waals surface area (Å²) in [5.41, 5.74) is 0.115. The van der Waals surface area contributed by atoms with Crippen molar-refractivity contribution in [2.75, 3.05) is 33.0 Å². The molecule has 1 saturated heterocycles. The Hall–Kier alpha value is -0.243. The summed E-state index contributed by atoms with van der Waals surface area (Å²) in [6.45, 7) is 15.2. The highest BCUT2D eigenvalue weighted by Gasteiger charge is 2.52. The van der Waals surface area contributed by atoms with Gasteiger partial charge in [0, 0.05) is 19.8 Å². The van der Waals surface area contributed by atoms with E-state index in [2.05, 4.69) is 13.5 Å². The SMILES string of the molecule is C=CCCC(C(CC)OCC1CO1)[Si](OCC)(OCC)OCC. The number of hydrogen-bond donors (Lipinski definition) is 0. The molecule has 0 aromatic rings. The smallest absolute Gasteiger partial charge is 0.375 e. The molecule has 3 atom stereocenters. The van der Waals surface area contributed by atoms with Crippen molar-refractivity contribution in [2.45, 2.75) is 64.7 Å². The van der Waals surface area contributed by atoms with Crippen molar-refractivity contribution in [1.82, 2.24) is 0 Å². The molecule has 5 nitrogen and oxygen atoms in total. The molecule has 1 aliphatic rings. The van der Waals surface area contributed by atoms with E-state index >= 15 is 0 Å². The van der Waals surface area contributed by atoms with Crippen LogP contribution in [0.5, 0.6) is 0 Å². The maximum Gasteiger partial charge on any atom is 0.506 e. The Morgan fingerprint density at radius 2 is 1.70 bits per heavy atom. The minimum absolute atomic E-state index is 0.0514. The molecule has 0 aromatic carbocycles. The summed E-state index contributed by atoms with van der Waals surface area (Å²) < 4.78 is 29.8. The summed E-state index contributed by atoms with van der Waals surface area (Å²) in [7, 11) is -2.81. The van der Waals surface area contributed by atoms with Crippen molar-refractivity contribution in [3.05, 3.63) is 12.7 Å². The van der Waals surface area contributed by atoms with E-state index in [4.69, 9.17) is 22.8 Å². The van der Waals surface area contributed by atoms with Crippen LogP contribution in [-0.2, 0) is 22.8 Å². The number of epoxide rings is 1. The molecule has 3 unspecified atom stereocenters. The zero-order valence-corrected chi connectivity index (χ0v) is 16.2. The molecule has 0 aromatic heterocycles. The molecule has 0 aliphatic carbocycles. The Morgan fingerprint density at radius 1 is 1.13 bits per heavy atom. The van der Waals surface area contributed by atoms with Gasteiger partial charge in [-0.25, -0.2) is 0 Å². The third kappa shape index (κ3) is 6.64. The summed E-state index contributed by atoms with van der Waals surface area (Å²) in [5, 5.41) is 0. The molecule has 1 rings (SSSR count). The van der Waals surface area contributed by atoms with Gasteiger partial charge in [-0.05, 0) is 40.0 Å². The van der Waals surface area contributed by atoms with Crippen LogP contribution in [0.1, 0.15) is 47.0 Å². The number of rotatable bonds is 15. The Morgan fingerprint density at radius 3 is 2.09 bits per heavy atom. The molecule has 23 heavy (non-hydrogen) atoms. The maximum atomic E-state index is 6.15. The van der Waals surface area contributed by atoms with Gasteiger partial charge in [-0.3, -0.25) is 0 Å². The fourth-order valence-corrected chi connectivity index (χ4v) is 6.26. The van der Waals surface area contributed by atoms with Crippen LogP contribution in [-0.4, -0.2) is 54.0 Å². The molecule has 136 valence electrons. The minimum atomic E-state index is -2.81. The molecule has 0 radical (unpaired) electrons. The Labute approximate surface area is 142 Å².